The Hall–Kier alpha value is -2.02. The fourth-order valence-corrected chi connectivity index (χ4v) is 12.9. The highest BCUT2D eigenvalue weighted by molar-refractivity contribution is 7.99. The normalized spacial score (nSPS) is 24.9. The highest BCUT2D eigenvalue weighted by Crippen LogP contribution is 2.47. The van der Waals surface area contributed by atoms with E-state index in [0.29, 0.717) is 40.1 Å². The highest BCUT2D eigenvalue weighted by Gasteiger charge is 2.57. The number of nitrogens with two attached hydrogens (primary N) is 1. The van der Waals surface area contributed by atoms with E-state index in [1.54, 1.807) is 4.68 Å². The lowest BCUT2D eigenvalue weighted by Gasteiger charge is -2.43. The van der Waals surface area contributed by atoms with E-state index in [0.717, 1.165) is 9.92 Å². The first kappa shape index (κ1) is 28.5. The fourth-order valence-electron chi connectivity index (χ4n) is 6.53. The van der Waals surface area contributed by atoms with Gasteiger partial charge in [0.25, 0.3) is 0 Å². The van der Waals surface area contributed by atoms with Gasteiger partial charge in [-0.2, -0.15) is 5.10 Å². The minimum atomic E-state index is -2.11. The molecule has 2 saturated heterocycles. The fraction of sp³-hybridized carbons (Fsp3) is 0.607. The van der Waals surface area contributed by atoms with Gasteiger partial charge in [0.15, 0.2) is 26.0 Å². The van der Waals surface area contributed by atoms with Crippen LogP contribution in [0.1, 0.15) is 61.6 Å². The van der Waals surface area contributed by atoms with Crippen LogP contribution < -0.4 is 5.73 Å². The van der Waals surface area contributed by atoms with Gasteiger partial charge in [0, 0.05) is 4.90 Å². The van der Waals surface area contributed by atoms with Gasteiger partial charge < -0.3 is 24.4 Å². The Bertz CT molecular complexity index is 1280. The average molecular weight is 572 g/mol. The molecule has 2 aliphatic rings. The van der Waals surface area contributed by atoms with Crippen molar-refractivity contribution in [1.29, 1.82) is 0 Å². The van der Waals surface area contributed by atoms with Crippen LogP contribution in [0.15, 0.2) is 46.6 Å². The predicted octanol–water partition coefficient (Wildman–Crippen LogP) is 6.17. The molecule has 39 heavy (non-hydrogen) atoms. The number of aromatic nitrogens is 4. The van der Waals surface area contributed by atoms with Crippen molar-refractivity contribution in [3.05, 3.63) is 36.7 Å². The summed E-state index contributed by atoms with van der Waals surface area (Å²) < 4.78 is 28.3. The molecule has 9 nitrogen and oxygen atoms in total. The van der Waals surface area contributed by atoms with Gasteiger partial charge in [-0.05, 0) is 42.6 Å². The second-order valence-electron chi connectivity index (χ2n) is 11.9. The standard InChI is InChI=1S/C28H41N5O4SSi/c1-16(2)39(17(3)4,18(5)6)34-14-20-22-23(37-28(7,8)36-22)27(35-20)33-25-21(24(29)30-15-31-25)26(32-33)38-19-12-10-9-11-13-19/h9-13,15-18,20,22-23,27H,14H2,1-8H3,(H2,29,30,31)/t20-,22-,23-,27-/m1/s1. The highest BCUT2D eigenvalue weighted by atomic mass is 32.2. The van der Waals surface area contributed by atoms with Crippen molar-refractivity contribution in [3.8, 4) is 0 Å². The summed E-state index contributed by atoms with van der Waals surface area (Å²) in [6, 6.07) is 10.1. The molecule has 0 amide bonds. The lowest BCUT2D eigenvalue weighted by atomic mass is 10.1. The molecule has 212 valence electrons. The minimum absolute atomic E-state index is 0.299. The molecule has 0 aliphatic carbocycles. The Morgan fingerprint density at radius 1 is 1.00 bits per heavy atom. The lowest BCUT2D eigenvalue weighted by molar-refractivity contribution is -0.200. The molecular weight excluding hydrogens is 530 g/mol. The summed E-state index contributed by atoms with van der Waals surface area (Å²) in [4.78, 5) is 9.87. The SMILES string of the molecule is CC(C)[Si](OC[C@H]1O[C@@H](n2nc(Sc3ccccc3)c3c(N)ncnc32)[C@@H]2OC(C)(C)O[C@@H]21)(C(C)C)C(C)C. The first-order chi connectivity index (χ1) is 18.4. The summed E-state index contributed by atoms with van der Waals surface area (Å²) in [5.41, 5.74) is 8.36. The van der Waals surface area contributed by atoms with E-state index in [-0.39, 0.29) is 18.3 Å². The van der Waals surface area contributed by atoms with E-state index in [1.165, 1.54) is 18.1 Å². The molecule has 11 heteroatoms. The summed E-state index contributed by atoms with van der Waals surface area (Å²) in [6.45, 7) is 18.1. The number of hydrogen-bond acceptors (Lipinski definition) is 9. The first-order valence-electron chi connectivity index (χ1n) is 13.8. The quantitative estimate of drug-likeness (QED) is 0.302. The summed E-state index contributed by atoms with van der Waals surface area (Å²) in [7, 11) is -2.11. The minimum Gasteiger partial charge on any atom is -0.413 e. The molecule has 1 aromatic carbocycles. The lowest BCUT2D eigenvalue weighted by Crippen LogP contribution is -2.50. The molecular formula is C28H41N5O4SSi. The molecule has 0 spiro atoms. The largest absolute Gasteiger partial charge is 0.413 e. The summed E-state index contributed by atoms with van der Waals surface area (Å²) in [5.74, 6) is -0.374. The van der Waals surface area contributed by atoms with Crippen LogP contribution in [-0.4, -0.2) is 58.8 Å². The van der Waals surface area contributed by atoms with Gasteiger partial charge in [-0.3, -0.25) is 0 Å². The van der Waals surface area contributed by atoms with Crippen molar-refractivity contribution < 1.29 is 18.6 Å². The van der Waals surface area contributed by atoms with Gasteiger partial charge in [0.2, 0.25) is 0 Å². The number of nitrogens with zero attached hydrogens (tertiary/aromatic N) is 4. The smallest absolute Gasteiger partial charge is 0.200 e. The topological polar surface area (TPSA) is 107 Å². The summed E-state index contributed by atoms with van der Waals surface area (Å²) in [5, 5.41) is 6.39. The van der Waals surface area contributed by atoms with E-state index in [1.807, 2.05) is 44.2 Å². The summed E-state index contributed by atoms with van der Waals surface area (Å²) >= 11 is 1.52. The van der Waals surface area contributed by atoms with E-state index >= 15 is 0 Å². The number of ether oxygens (including phenoxy) is 3. The van der Waals surface area contributed by atoms with E-state index < -0.39 is 20.3 Å². The molecule has 5 rings (SSSR count). The number of rotatable bonds is 9. The monoisotopic (exact) mass is 571 g/mol. The van der Waals surface area contributed by atoms with E-state index in [2.05, 4.69) is 51.5 Å². The summed E-state index contributed by atoms with van der Waals surface area (Å²) in [6.07, 6.45) is -0.0829. The maximum atomic E-state index is 6.95. The molecule has 4 atom stereocenters. The number of benzene rings is 1. The molecule has 2 fully saturated rings. The van der Waals surface area contributed by atoms with Crippen molar-refractivity contribution in [2.45, 2.75) is 112 Å². The van der Waals surface area contributed by atoms with Crippen LogP contribution in [0.3, 0.4) is 0 Å². The third kappa shape index (κ3) is 5.13. The molecule has 0 saturated carbocycles. The van der Waals surface area contributed by atoms with Crippen LogP contribution in [0.4, 0.5) is 5.82 Å². The molecule has 2 aliphatic heterocycles. The molecule has 2 N–H and O–H groups in total. The Morgan fingerprint density at radius 3 is 2.28 bits per heavy atom. The van der Waals surface area contributed by atoms with Crippen LogP contribution in [0.2, 0.25) is 16.6 Å². The van der Waals surface area contributed by atoms with Crippen molar-refractivity contribution in [2.24, 2.45) is 0 Å². The van der Waals surface area contributed by atoms with Crippen LogP contribution in [-0.2, 0) is 18.6 Å². The van der Waals surface area contributed by atoms with Crippen LogP contribution in [0.5, 0.6) is 0 Å². The van der Waals surface area contributed by atoms with Gasteiger partial charge in [0.05, 0.1) is 12.0 Å². The van der Waals surface area contributed by atoms with E-state index in [9.17, 15) is 0 Å². The predicted molar refractivity (Wildman–Crippen MR) is 155 cm³/mol. The number of fused-ring (bicyclic) bond motifs is 2. The second-order valence-corrected chi connectivity index (χ2v) is 18.4. The Labute approximate surface area is 236 Å². The first-order valence-corrected chi connectivity index (χ1v) is 16.8. The number of hydrogen-bond donors (Lipinski definition) is 1. The van der Waals surface area contributed by atoms with Gasteiger partial charge in [-0.25, -0.2) is 14.6 Å². The molecule has 2 aromatic heterocycles. The molecule has 0 bridgehead atoms. The molecule has 0 unspecified atom stereocenters. The van der Waals surface area contributed by atoms with E-state index in [4.69, 9.17) is 29.5 Å². The number of nitrogen functional groups attached to an aromatic ring is 1. The van der Waals surface area contributed by atoms with Crippen LogP contribution in [0.25, 0.3) is 11.0 Å². The van der Waals surface area contributed by atoms with Crippen LogP contribution in [0, 0.1) is 0 Å². The Morgan fingerprint density at radius 2 is 1.64 bits per heavy atom. The van der Waals surface area contributed by atoms with Crippen molar-refractivity contribution in [3.63, 3.8) is 0 Å². The number of anilines is 1. The Kier molecular flexibility index (Phi) is 7.86. The van der Waals surface area contributed by atoms with Gasteiger partial charge in [-0.15, -0.1) is 0 Å². The van der Waals surface area contributed by atoms with Crippen LogP contribution >= 0.6 is 11.8 Å². The Balaban J connectivity index is 1.50. The average Bonchev–Trinajstić information content (AvgIpc) is 3.49. The van der Waals surface area contributed by atoms with Gasteiger partial charge in [-0.1, -0.05) is 71.5 Å². The maximum absolute atomic E-state index is 6.95. The third-order valence-electron chi connectivity index (χ3n) is 8.01. The molecule has 4 heterocycles. The zero-order valence-electron chi connectivity index (χ0n) is 24.1. The van der Waals surface area contributed by atoms with Crippen molar-refractivity contribution in [1.82, 2.24) is 19.7 Å². The second kappa shape index (κ2) is 10.8. The van der Waals surface area contributed by atoms with Gasteiger partial charge >= 0.3 is 0 Å². The van der Waals surface area contributed by atoms with Crippen molar-refractivity contribution >= 4 is 36.9 Å². The van der Waals surface area contributed by atoms with Gasteiger partial charge in [0.1, 0.15) is 35.5 Å². The molecule has 0 radical (unpaired) electrons. The zero-order chi connectivity index (χ0) is 28.1. The van der Waals surface area contributed by atoms with Crippen molar-refractivity contribution in [2.75, 3.05) is 12.3 Å². The third-order valence-corrected chi connectivity index (χ3v) is 15.1. The molecule has 3 aromatic rings. The maximum Gasteiger partial charge on any atom is 0.200 e. The zero-order valence-corrected chi connectivity index (χ0v) is 25.9.